The summed E-state index contributed by atoms with van der Waals surface area (Å²) in [4.78, 5) is 52.3. The first-order valence-corrected chi connectivity index (χ1v) is 19.9. The Morgan fingerprint density at radius 1 is 0.932 bits per heavy atom. The van der Waals surface area contributed by atoms with Gasteiger partial charge in [-0.05, 0) is 92.3 Å². The number of halogens is 3. The van der Waals surface area contributed by atoms with Crippen LogP contribution in [0.4, 0.5) is 13.6 Å². The molecule has 15 nitrogen and oxygen atoms in total. The average molecular weight is 844 g/mol. The van der Waals surface area contributed by atoms with Gasteiger partial charge in [-0.1, -0.05) is 35.9 Å². The first-order valence-electron chi connectivity index (χ1n) is 19.5. The number of nitrogens with zero attached hydrogens (tertiary/aromatic N) is 4. The second kappa shape index (κ2) is 20.4. The molecule has 2 aromatic carbocycles. The molecule has 3 amide bonds. The monoisotopic (exact) mass is 843 g/mol. The third-order valence-electron chi connectivity index (χ3n) is 10.5. The molecule has 1 aliphatic carbocycles. The summed E-state index contributed by atoms with van der Waals surface area (Å²) in [5.41, 5.74) is 10.1. The molecule has 1 aromatic heterocycles. The van der Waals surface area contributed by atoms with Crippen LogP contribution >= 0.6 is 11.6 Å². The van der Waals surface area contributed by atoms with Crippen LogP contribution in [0.1, 0.15) is 67.2 Å². The fraction of sp³-hybridized carbons (Fsp3) is 0.463. The van der Waals surface area contributed by atoms with E-state index in [9.17, 15) is 18.4 Å². The predicted octanol–water partition coefficient (Wildman–Crippen LogP) is 5.93. The number of amides is 3. The number of fused-ring (bicyclic) bond motifs is 2. The standard InChI is InChI=1S/C41H48ClF2N5O10/c1-25-28(14-16-46-39(25)57-18-15-35(45)50)24-47(29-8-9-29)40(51)36-31(23-30-10-13-34(36)48(30)41(52)58-21-19-55-20-22-59-49(53)54)27-6-4-26(5-7-27)3-2-17-56-38-33(44)12-11-32(43)37(38)42/h4-7,11-12,14,16,29-30,34,53-54H,2-3,8-10,13,15,17-24H2,1H3,(H2,45,50). The lowest BCUT2D eigenvalue weighted by molar-refractivity contribution is -0.493. The Hall–Kier alpha value is -4.91. The molecule has 2 unspecified atom stereocenters. The van der Waals surface area contributed by atoms with Crippen molar-refractivity contribution < 1.29 is 57.4 Å². The van der Waals surface area contributed by atoms with E-state index in [0.29, 0.717) is 43.6 Å². The fourth-order valence-electron chi connectivity index (χ4n) is 7.45. The molecule has 1 saturated carbocycles. The Kier molecular flexibility index (Phi) is 15.1. The molecular weight excluding hydrogens is 796 g/mol. The maximum atomic E-state index is 15.0. The minimum Gasteiger partial charge on any atom is -0.489 e. The fourth-order valence-corrected chi connectivity index (χ4v) is 7.66. The summed E-state index contributed by atoms with van der Waals surface area (Å²) in [5.74, 6) is -2.13. The van der Waals surface area contributed by atoms with E-state index in [2.05, 4.69) is 9.82 Å². The van der Waals surface area contributed by atoms with E-state index in [0.717, 1.165) is 52.8 Å². The molecule has 3 aliphatic rings. The minimum atomic E-state index is -0.763. The lowest BCUT2D eigenvalue weighted by atomic mass is 9.87. The number of carbonyl (C=O) groups excluding carboxylic acids is 3. The number of rotatable bonds is 21. The predicted molar refractivity (Wildman–Crippen MR) is 207 cm³/mol. The molecule has 4 N–H and O–H groups in total. The lowest BCUT2D eigenvalue weighted by Crippen LogP contribution is -2.49. The van der Waals surface area contributed by atoms with Crippen LogP contribution in [0.15, 0.2) is 54.2 Å². The van der Waals surface area contributed by atoms with Crippen molar-refractivity contribution in [1.29, 1.82) is 0 Å². The molecule has 2 bridgehead atoms. The number of pyridine rings is 1. The highest BCUT2D eigenvalue weighted by Crippen LogP contribution is 2.45. The highest BCUT2D eigenvalue weighted by atomic mass is 35.5. The van der Waals surface area contributed by atoms with Gasteiger partial charge < -0.3 is 29.6 Å². The van der Waals surface area contributed by atoms with Gasteiger partial charge in [-0.2, -0.15) is 0 Å². The van der Waals surface area contributed by atoms with Crippen molar-refractivity contribution in [3.63, 3.8) is 0 Å². The van der Waals surface area contributed by atoms with Crippen molar-refractivity contribution in [2.75, 3.05) is 39.6 Å². The average Bonchev–Trinajstić information content (AvgIpc) is 4.01. The molecule has 1 saturated heterocycles. The van der Waals surface area contributed by atoms with Crippen LogP contribution in [0.2, 0.25) is 5.02 Å². The highest BCUT2D eigenvalue weighted by molar-refractivity contribution is 6.32. The van der Waals surface area contributed by atoms with Crippen molar-refractivity contribution in [3.05, 3.63) is 93.1 Å². The smallest absolute Gasteiger partial charge is 0.410 e. The highest BCUT2D eigenvalue weighted by Gasteiger charge is 2.49. The minimum absolute atomic E-state index is 0.00669. The SMILES string of the molecule is Cc1c(CN(C(=O)C2=C(c3ccc(CCCOc4c(F)ccc(F)c4Cl)cc3)CC3CCC2N3C(=O)OCCOCCON(O)O)C2CC2)ccnc1OCCC(N)=O. The van der Waals surface area contributed by atoms with Crippen molar-refractivity contribution >= 4 is 35.1 Å². The quantitative estimate of drug-likeness (QED) is 0.0653. The molecule has 18 heteroatoms. The van der Waals surface area contributed by atoms with Gasteiger partial charge in [-0.15, -0.1) is 0 Å². The summed E-state index contributed by atoms with van der Waals surface area (Å²) in [6, 6.07) is 10.9. The van der Waals surface area contributed by atoms with Gasteiger partial charge in [0.15, 0.2) is 11.6 Å². The number of ether oxygens (including phenoxy) is 4. The number of hydrogen-bond acceptors (Lipinski definition) is 12. The number of carbonyl (C=O) groups is 3. The molecule has 2 fully saturated rings. The molecule has 2 aliphatic heterocycles. The molecule has 0 radical (unpaired) electrons. The number of nitrogens with two attached hydrogens (primary N) is 1. The summed E-state index contributed by atoms with van der Waals surface area (Å²) in [5, 5.41) is 16.5. The zero-order valence-corrected chi connectivity index (χ0v) is 33.4. The van der Waals surface area contributed by atoms with Crippen LogP contribution in [0, 0.1) is 18.6 Å². The van der Waals surface area contributed by atoms with E-state index < -0.39 is 40.1 Å². The summed E-state index contributed by atoms with van der Waals surface area (Å²) in [6.45, 7) is 2.21. The first-order chi connectivity index (χ1) is 28.4. The zero-order chi connectivity index (χ0) is 42.1. The zero-order valence-electron chi connectivity index (χ0n) is 32.6. The van der Waals surface area contributed by atoms with E-state index in [1.807, 2.05) is 42.2 Å². The molecule has 318 valence electrons. The molecule has 59 heavy (non-hydrogen) atoms. The second-order valence-corrected chi connectivity index (χ2v) is 14.9. The maximum Gasteiger partial charge on any atom is 0.410 e. The van der Waals surface area contributed by atoms with Crippen LogP contribution in [0.5, 0.6) is 11.6 Å². The molecule has 3 heterocycles. The van der Waals surface area contributed by atoms with Gasteiger partial charge in [0.25, 0.3) is 5.91 Å². The van der Waals surface area contributed by atoms with Crippen LogP contribution in [0.3, 0.4) is 0 Å². The van der Waals surface area contributed by atoms with Gasteiger partial charge in [0, 0.05) is 36.0 Å². The van der Waals surface area contributed by atoms with Gasteiger partial charge in [0.2, 0.25) is 11.8 Å². The number of hydrogen-bond donors (Lipinski definition) is 3. The number of aromatic nitrogens is 1. The third-order valence-corrected chi connectivity index (χ3v) is 10.9. The second-order valence-electron chi connectivity index (χ2n) is 14.5. The van der Waals surface area contributed by atoms with E-state index in [4.69, 9.17) is 46.7 Å². The van der Waals surface area contributed by atoms with Crippen LogP contribution in [0.25, 0.3) is 5.57 Å². The number of aryl methyl sites for hydroxylation is 1. The van der Waals surface area contributed by atoms with Gasteiger partial charge in [0.05, 0.1) is 50.9 Å². The molecule has 6 rings (SSSR count). The third kappa shape index (κ3) is 11.2. The van der Waals surface area contributed by atoms with Crippen LogP contribution < -0.4 is 15.2 Å². The van der Waals surface area contributed by atoms with Gasteiger partial charge in [-0.3, -0.25) is 24.9 Å². The topological polar surface area (TPSA) is 186 Å². The van der Waals surface area contributed by atoms with E-state index in [1.165, 1.54) is 0 Å². The molecule has 2 atom stereocenters. The van der Waals surface area contributed by atoms with Crippen molar-refractivity contribution in [2.24, 2.45) is 5.73 Å². The van der Waals surface area contributed by atoms with E-state index >= 15 is 4.79 Å². The van der Waals surface area contributed by atoms with Crippen LogP contribution in [-0.4, -0.2) is 106 Å². The number of benzene rings is 2. The summed E-state index contributed by atoms with van der Waals surface area (Å²) in [7, 11) is 0. The van der Waals surface area contributed by atoms with Crippen molar-refractivity contribution in [1.82, 2.24) is 20.2 Å². The molecule has 3 aromatic rings. The first kappa shape index (κ1) is 43.7. The summed E-state index contributed by atoms with van der Waals surface area (Å²) in [6.07, 6.45) is 5.49. The summed E-state index contributed by atoms with van der Waals surface area (Å²) < 4.78 is 50.2. The Morgan fingerprint density at radius 2 is 1.68 bits per heavy atom. The Labute approximate surface area is 345 Å². The maximum absolute atomic E-state index is 15.0. The van der Waals surface area contributed by atoms with Gasteiger partial charge >= 0.3 is 6.09 Å². The van der Waals surface area contributed by atoms with E-state index in [-0.39, 0.29) is 76.3 Å². The van der Waals surface area contributed by atoms with Gasteiger partial charge in [0.1, 0.15) is 17.4 Å². The Bertz CT molecular complexity index is 2000. The molecule has 0 spiro atoms. The van der Waals surface area contributed by atoms with Gasteiger partial charge in [-0.25, -0.2) is 23.4 Å². The van der Waals surface area contributed by atoms with Crippen molar-refractivity contribution in [2.45, 2.75) is 83.0 Å². The Morgan fingerprint density at radius 3 is 2.41 bits per heavy atom. The lowest BCUT2D eigenvalue weighted by Gasteiger charge is -2.38. The largest absolute Gasteiger partial charge is 0.489 e. The van der Waals surface area contributed by atoms with Crippen molar-refractivity contribution in [3.8, 4) is 11.6 Å². The Balaban J connectivity index is 1.21. The summed E-state index contributed by atoms with van der Waals surface area (Å²) >= 11 is 5.90. The normalized spacial score (nSPS) is 17.4. The molecular formula is C41H48ClF2N5O10. The van der Waals surface area contributed by atoms with E-state index in [1.54, 1.807) is 11.1 Å². The number of primary amides is 1. The van der Waals surface area contributed by atoms with Crippen LogP contribution in [-0.2, 0) is 36.9 Å².